The van der Waals surface area contributed by atoms with Crippen LogP contribution >= 0.6 is 0 Å². The second-order valence-electron chi connectivity index (χ2n) is 12.1. The smallest absolute Gasteiger partial charge is 0.134 e. The zero-order valence-electron chi connectivity index (χ0n) is 27.0. The number of dihydropyridines is 1. The van der Waals surface area contributed by atoms with Gasteiger partial charge in [-0.1, -0.05) is 48.5 Å². The van der Waals surface area contributed by atoms with Crippen molar-refractivity contribution < 1.29 is 0 Å². The lowest BCUT2D eigenvalue weighted by atomic mass is 10.0. The maximum absolute atomic E-state index is 4.72. The van der Waals surface area contributed by atoms with Crippen molar-refractivity contribution in [2.75, 3.05) is 16.3 Å². The molecule has 5 aromatic rings. The highest BCUT2D eigenvalue weighted by Gasteiger charge is 2.27. The minimum Gasteiger partial charge on any atom is -0.372 e. The van der Waals surface area contributed by atoms with Crippen LogP contribution in [0.3, 0.4) is 0 Å². The average molecular weight is 636 g/mol. The van der Waals surface area contributed by atoms with Gasteiger partial charge in [0.15, 0.2) is 0 Å². The van der Waals surface area contributed by atoms with Gasteiger partial charge in [-0.2, -0.15) is 0 Å². The molecule has 9 nitrogen and oxygen atoms in total. The molecule has 2 unspecified atom stereocenters. The van der Waals surface area contributed by atoms with E-state index in [0.717, 1.165) is 42.8 Å². The van der Waals surface area contributed by atoms with E-state index in [2.05, 4.69) is 61.8 Å². The van der Waals surface area contributed by atoms with Gasteiger partial charge in [-0.3, -0.25) is 4.90 Å². The standard InChI is InChI=1S/C39H41N9/c1-7-19-40-34(13-1)46(35-14-2-8-20-41-35)28-31-25-32(29-47(36-15-3-9-21-42-36)37-16-4-10-22-43-37)27-33(26-31)30-48(38-17-5-11-23-44-38)39-18-6-12-24-45-39/h1-5,7-11,13-17,19-23,25-27,38-39,44-45H,6,12,18,24,28-30H2. The Morgan fingerprint density at radius 2 is 1.08 bits per heavy atom. The summed E-state index contributed by atoms with van der Waals surface area (Å²) in [6, 6.07) is 31.0. The van der Waals surface area contributed by atoms with Crippen molar-refractivity contribution in [3.63, 3.8) is 0 Å². The third-order valence-electron chi connectivity index (χ3n) is 8.67. The first-order valence-electron chi connectivity index (χ1n) is 16.7. The van der Waals surface area contributed by atoms with Crippen LogP contribution in [0.4, 0.5) is 23.3 Å². The number of hydrogen-bond donors (Lipinski definition) is 2. The molecule has 2 atom stereocenters. The van der Waals surface area contributed by atoms with Crippen LogP contribution in [0, 0.1) is 0 Å². The molecule has 1 aromatic carbocycles. The molecule has 0 aliphatic carbocycles. The summed E-state index contributed by atoms with van der Waals surface area (Å²) < 4.78 is 0. The Bertz CT molecular complexity index is 1590. The second kappa shape index (κ2) is 15.5. The van der Waals surface area contributed by atoms with Crippen molar-refractivity contribution in [2.45, 2.75) is 51.2 Å². The van der Waals surface area contributed by atoms with E-state index >= 15 is 0 Å². The van der Waals surface area contributed by atoms with Crippen LogP contribution in [-0.2, 0) is 19.6 Å². The molecule has 7 rings (SSSR count). The molecule has 0 spiro atoms. The van der Waals surface area contributed by atoms with Crippen LogP contribution in [-0.4, -0.2) is 43.7 Å². The number of rotatable bonds is 12. The average Bonchev–Trinajstić information content (AvgIpc) is 3.17. The van der Waals surface area contributed by atoms with Gasteiger partial charge in [-0.05, 0) is 109 Å². The molecule has 2 aliphatic rings. The fraction of sp³-hybridized carbons (Fsp3) is 0.231. The molecular formula is C39H41N9. The molecule has 2 N–H and O–H groups in total. The summed E-state index contributed by atoms with van der Waals surface area (Å²) in [7, 11) is 0. The van der Waals surface area contributed by atoms with Crippen molar-refractivity contribution >= 4 is 23.3 Å². The van der Waals surface area contributed by atoms with Crippen molar-refractivity contribution in [1.82, 2.24) is 35.5 Å². The SMILES string of the molecule is C1=CNC(N(Cc2cc(CN(c3ccccn3)c3ccccn3)cc(CN(c3ccccn3)c3ccccn3)c2)C2CCCCN2)C=C1. The van der Waals surface area contributed by atoms with Gasteiger partial charge in [0.2, 0.25) is 0 Å². The fourth-order valence-electron chi connectivity index (χ4n) is 6.46. The zero-order valence-corrected chi connectivity index (χ0v) is 27.0. The number of hydrogen-bond acceptors (Lipinski definition) is 9. The predicted molar refractivity (Wildman–Crippen MR) is 191 cm³/mol. The summed E-state index contributed by atoms with van der Waals surface area (Å²) in [6.07, 6.45) is 19.7. The van der Waals surface area contributed by atoms with E-state index in [0.29, 0.717) is 13.1 Å². The lowest BCUT2D eigenvalue weighted by Gasteiger charge is -2.40. The van der Waals surface area contributed by atoms with Gasteiger partial charge in [0.05, 0.1) is 25.4 Å². The molecule has 0 saturated carbocycles. The van der Waals surface area contributed by atoms with E-state index in [4.69, 9.17) is 19.9 Å². The number of piperidine rings is 1. The molecular weight excluding hydrogens is 594 g/mol. The van der Waals surface area contributed by atoms with Crippen LogP contribution in [0.15, 0.2) is 140 Å². The topological polar surface area (TPSA) is 85.3 Å². The molecule has 6 heterocycles. The number of allylic oxidation sites excluding steroid dienone is 2. The monoisotopic (exact) mass is 635 g/mol. The van der Waals surface area contributed by atoms with Crippen molar-refractivity contribution in [2.24, 2.45) is 0 Å². The summed E-state index contributed by atoms with van der Waals surface area (Å²) in [5.41, 5.74) is 3.58. The lowest BCUT2D eigenvalue weighted by molar-refractivity contribution is 0.0907. The number of aromatic nitrogens is 4. The molecule has 0 bridgehead atoms. The maximum atomic E-state index is 4.72. The van der Waals surface area contributed by atoms with E-state index in [1.165, 1.54) is 29.5 Å². The summed E-state index contributed by atoms with van der Waals surface area (Å²) in [5.74, 6) is 3.40. The minimum atomic E-state index is 0.0924. The summed E-state index contributed by atoms with van der Waals surface area (Å²) in [4.78, 5) is 25.8. The summed E-state index contributed by atoms with van der Waals surface area (Å²) >= 11 is 0. The summed E-state index contributed by atoms with van der Waals surface area (Å²) in [6.45, 7) is 3.02. The van der Waals surface area contributed by atoms with Gasteiger partial charge < -0.3 is 20.4 Å². The third kappa shape index (κ3) is 7.76. The molecule has 2 aliphatic heterocycles. The Kier molecular flexibility index (Phi) is 10.1. The summed E-state index contributed by atoms with van der Waals surface area (Å²) in [5, 5.41) is 7.38. The van der Waals surface area contributed by atoms with Gasteiger partial charge in [0, 0.05) is 31.3 Å². The van der Waals surface area contributed by atoms with Gasteiger partial charge >= 0.3 is 0 Å². The highest BCUT2D eigenvalue weighted by atomic mass is 15.3. The number of pyridine rings is 4. The normalized spacial score (nSPS) is 17.2. The highest BCUT2D eigenvalue weighted by molar-refractivity contribution is 5.58. The predicted octanol–water partition coefficient (Wildman–Crippen LogP) is 6.84. The number of anilines is 4. The molecule has 0 amide bonds. The quantitative estimate of drug-likeness (QED) is 0.153. The van der Waals surface area contributed by atoms with Gasteiger partial charge in [0.1, 0.15) is 23.3 Å². The van der Waals surface area contributed by atoms with Gasteiger partial charge in [-0.25, -0.2) is 19.9 Å². The molecule has 242 valence electrons. The largest absolute Gasteiger partial charge is 0.372 e. The van der Waals surface area contributed by atoms with E-state index in [9.17, 15) is 0 Å². The molecule has 9 heteroatoms. The number of benzene rings is 1. The van der Waals surface area contributed by atoms with Gasteiger partial charge in [-0.15, -0.1) is 0 Å². The molecule has 4 aromatic heterocycles. The molecule has 0 radical (unpaired) electrons. The first-order chi connectivity index (χ1) is 23.8. The van der Waals surface area contributed by atoms with E-state index in [-0.39, 0.29) is 12.3 Å². The third-order valence-corrected chi connectivity index (χ3v) is 8.67. The van der Waals surface area contributed by atoms with Crippen molar-refractivity contribution in [1.29, 1.82) is 0 Å². The fourth-order valence-corrected chi connectivity index (χ4v) is 6.46. The first kappa shape index (κ1) is 31.2. The minimum absolute atomic E-state index is 0.0924. The Hall–Kier alpha value is -5.38. The Balaban J connectivity index is 1.28. The van der Waals surface area contributed by atoms with Crippen molar-refractivity contribution in [3.8, 4) is 0 Å². The Morgan fingerprint density at radius 1 is 0.583 bits per heavy atom. The van der Waals surface area contributed by atoms with Crippen LogP contribution in [0.5, 0.6) is 0 Å². The zero-order chi connectivity index (χ0) is 32.4. The van der Waals surface area contributed by atoms with Crippen molar-refractivity contribution in [3.05, 3.63) is 157 Å². The first-order valence-corrected chi connectivity index (χ1v) is 16.7. The molecule has 48 heavy (non-hydrogen) atoms. The van der Waals surface area contributed by atoms with E-state index in [1.807, 2.05) is 104 Å². The van der Waals surface area contributed by atoms with E-state index < -0.39 is 0 Å². The van der Waals surface area contributed by atoms with Crippen LogP contribution in [0.1, 0.15) is 36.0 Å². The number of nitrogens with one attached hydrogen (secondary N) is 2. The highest BCUT2D eigenvalue weighted by Crippen LogP contribution is 2.29. The van der Waals surface area contributed by atoms with Crippen LogP contribution in [0.25, 0.3) is 0 Å². The van der Waals surface area contributed by atoms with Gasteiger partial charge in [0.25, 0.3) is 0 Å². The Labute approximate surface area is 282 Å². The number of nitrogens with zero attached hydrogens (tertiary/aromatic N) is 7. The lowest BCUT2D eigenvalue weighted by Crippen LogP contribution is -2.55. The van der Waals surface area contributed by atoms with Crippen LogP contribution < -0.4 is 20.4 Å². The Morgan fingerprint density at radius 3 is 1.48 bits per heavy atom. The van der Waals surface area contributed by atoms with Crippen LogP contribution in [0.2, 0.25) is 0 Å². The van der Waals surface area contributed by atoms with E-state index in [1.54, 1.807) is 0 Å². The second-order valence-corrected chi connectivity index (χ2v) is 12.1. The molecule has 1 fully saturated rings. The molecule has 1 saturated heterocycles. The maximum Gasteiger partial charge on any atom is 0.134 e.